The summed E-state index contributed by atoms with van der Waals surface area (Å²) in [6, 6.07) is 15.4. The monoisotopic (exact) mass is 481 g/mol. The average Bonchev–Trinajstić information content (AvgIpc) is 3.16. The molecule has 0 aliphatic rings. The van der Waals surface area contributed by atoms with Crippen molar-refractivity contribution >= 4 is 21.8 Å². The Labute approximate surface area is 186 Å². The highest BCUT2D eigenvalue weighted by atomic mass is 79.9. The maximum Gasteiger partial charge on any atom is 0.274 e. The second-order valence-electron chi connectivity index (χ2n) is 6.65. The summed E-state index contributed by atoms with van der Waals surface area (Å²) in [5, 5.41) is 10.8. The van der Waals surface area contributed by atoms with E-state index in [1.54, 1.807) is 36.0 Å². The molecule has 0 aliphatic carbocycles. The molecule has 0 saturated heterocycles. The molecule has 4 aromatic rings. The van der Waals surface area contributed by atoms with Crippen molar-refractivity contribution in [1.82, 2.24) is 25.3 Å². The Morgan fingerprint density at radius 3 is 2.81 bits per heavy atom. The van der Waals surface area contributed by atoms with E-state index in [9.17, 15) is 9.18 Å². The summed E-state index contributed by atoms with van der Waals surface area (Å²) < 4.78 is 22.3. The maximum absolute atomic E-state index is 14.4. The van der Waals surface area contributed by atoms with Gasteiger partial charge in [0, 0.05) is 17.2 Å². The number of carbonyl (C=O) groups is 1. The van der Waals surface area contributed by atoms with Crippen LogP contribution < -0.4 is 10.1 Å². The van der Waals surface area contributed by atoms with Crippen LogP contribution >= 0.6 is 15.9 Å². The Morgan fingerprint density at radius 1 is 1.19 bits per heavy atom. The van der Waals surface area contributed by atoms with E-state index in [2.05, 4.69) is 36.5 Å². The third-order valence-electron chi connectivity index (χ3n) is 4.47. The smallest absolute Gasteiger partial charge is 0.274 e. The third-order valence-corrected chi connectivity index (χ3v) is 4.97. The zero-order valence-corrected chi connectivity index (χ0v) is 18.0. The van der Waals surface area contributed by atoms with Gasteiger partial charge in [0.1, 0.15) is 5.75 Å². The van der Waals surface area contributed by atoms with Crippen LogP contribution in [0, 0.1) is 12.7 Å². The van der Waals surface area contributed by atoms with Crippen molar-refractivity contribution in [1.29, 1.82) is 0 Å². The van der Waals surface area contributed by atoms with Gasteiger partial charge in [-0.3, -0.25) is 9.78 Å². The van der Waals surface area contributed by atoms with Crippen LogP contribution in [0.15, 0.2) is 71.5 Å². The summed E-state index contributed by atoms with van der Waals surface area (Å²) in [6.45, 7) is 1.90. The molecule has 156 valence electrons. The molecule has 0 unspecified atom stereocenters. The SMILES string of the molecule is Cc1c(C(=O)NCc2ccc(Oc3cccnc3)c(F)c2)nnn1-c1cccc(Br)c1. The fraction of sp³-hybridized carbons (Fsp3) is 0.0909. The van der Waals surface area contributed by atoms with Crippen molar-refractivity contribution in [2.75, 3.05) is 0 Å². The number of nitrogens with zero attached hydrogens (tertiary/aromatic N) is 4. The Balaban J connectivity index is 1.43. The number of benzene rings is 2. The lowest BCUT2D eigenvalue weighted by molar-refractivity contribution is 0.0945. The van der Waals surface area contributed by atoms with Crippen molar-refractivity contribution in [3.63, 3.8) is 0 Å². The topological polar surface area (TPSA) is 81.9 Å². The Hall–Kier alpha value is -3.59. The van der Waals surface area contributed by atoms with E-state index in [0.29, 0.717) is 17.0 Å². The highest BCUT2D eigenvalue weighted by molar-refractivity contribution is 9.10. The largest absolute Gasteiger partial charge is 0.453 e. The number of hydrogen-bond donors (Lipinski definition) is 1. The lowest BCUT2D eigenvalue weighted by Crippen LogP contribution is -2.24. The van der Waals surface area contributed by atoms with E-state index >= 15 is 0 Å². The van der Waals surface area contributed by atoms with E-state index in [4.69, 9.17) is 4.74 Å². The molecule has 1 N–H and O–H groups in total. The number of rotatable bonds is 6. The number of pyridine rings is 1. The number of ether oxygens (including phenoxy) is 1. The van der Waals surface area contributed by atoms with Crippen LogP contribution in [0.25, 0.3) is 5.69 Å². The van der Waals surface area contributed by atoms with Gasteiger partial charge in [-0.25, -0.2) is 9.07 Å². The molecular formula is C22H17BrFN5O2. The number of carbonyl (C=O) groups excluding carboxylic acids is 1. The Bertz CT molecular complexity index is 1230. The molecule has 0 aliphatic heterocycles. The number of aromatic nitrogens is 4. The fourth-order valence-electron chi connectivity index (χ4n) is 2.93. The second-order valence-corrected chi connectivity index (χ2v) is 7.57. The van der Waals surface area contributed by atoms with E-state index < -0.39 is 11.7 Å². The quantitative estimate of drug-likeness (QED) is 0.435. The van der Waals surface area contributed by atoms with Crippen LogP contribution in [0.3, 0.4) is 0 Å². The first-order valence-corrected chi connectivity index (χ1v) is 10.1. The first kappa shape index (κ1) is 20.7. The molecule has 7 nitrogen and oxygen atoms in total. The molecule has 0 bridgehead atoms. The van der Waals surface area contributed by atoms with Crippen molar-refractivity contribution in [2.45, 2.75) is 13.5 Å². The molecule has 0 spiro atoms. The van der Waals surface area contributed by atoms with Gasteiger partial charge in [-0.2, -0.15) is 0 Å². The van der Waals surface area contributed by atoms with Crippen LogP contribution in [0.2, 0.25) is 0 Å². The summed E-state index contributed by atoms with van der Waals surface area (Å²) in [6.07, 6.45) is 3.10. The summed E-state index contributed by atoms with van der Waals surface area (Å²) in [4.78, 5) is 16.5. The molecule has 0 atom stereocenters. The van der Waals surface area contributed by atoms with Crippen LogP contribution in [-0.2, 0) is 6.54 Å². The van der Waals surface area contributed by atoms with Gasteiger partial charge in [-0.1, -0.05) is 33.3 Å². The molecular weight excluding hydrogens is 465 g/mol. The number of nitrogens with one attached hydrogen (secondary N) is 1. The number of amides is 1. The fourth-order valence-corrected chi connectivity index (χ4v) is 3.32. The maximum atomic E-state index is 14.4. The summed E-state index contributed by atoms with van der Waals surface area (Å²) in [5.41, 5.74) is 2.17. The zero-order valence-electron chi connectivity index (χ0n) is 16.4. The molecule has 0 saturated carbocycles. The summed E-state index contributed by atoms with van der Waals surface area (Å²) in [5.74, 6) is -0.412. The molecule has 0 fully saturated rings. The number of halogens is 2. The standard InChI is InChI=1S/C22H17BrFN5O2/c1-14-21(27-28-29(14)17-5-2-4-16(23)11-17)22(30)26-12-15-7-8-20(19(24)10-15)31-18-6-3-9-25-13-18/h2-11,13H,12H2,1H3,(H,26,30). The van der Waals surface area contributed by atoms with Crippen LogP contribution in [0.5, 0.6) is 11.5 Å². The van der Waals surface area contributed by atoms with Crippen LogP contribution in [0.4, 0.5) is 4.39 Å². The van der Waals surface area contributed by atoms with Gasteiger partial charge >= 0.3 is 0 Å². The van der Waals surface area contributed by atoms with E-state index in [1.165, 1.54) is 18.3 Å². The molecule has 31 heavy (non-hydrogen) atoms. The van der Waals surface area contributed by atoms with Gasteiger partial charge in [0.25, 0.3) is 5.91 Å². The van der Waals surface area contributed by atoms with Gasteiger partial charge in [0.2, 0.25) is 0 Å². The zero-order chi connectivity index (χ0) is 21.8. The average molecular weight is 482 g/mol. The van der Waals surface area contributed by atoms with Gasteiger partial charge in [0.05, 0.1) is 17.6 Å². The van der Waals surface area contributed by atoms with Crippen molar-refractivity contribution in [3.8, 4) is 17.2 Å². The second kappa shape index (κ2) is 9.05. The first-order valence-electron chi connectivity index (χ1n) is 9.34. The highest BCUT2D eigenvalue weighted by Crippen LogP contribution is 2.24. The molecule has 2 heterocycles. The lowest BCUT2D eigenvalue weighted by atomic mass is 10.2. The molecule has 2 aromatic carbocycles. The predicted molar refractivity (Wildman–Crippen MR) is 116 cm³/mol. The van der Waals surface area contributed by atoms with E-state index in [-0.39, 0.29) is 18.0 Å². The molecule has 1 amide bonds. The number of hydrogen-bond acceptors (Lipinski definition) is 5. The Morgan fingerprint density at radius 2 is 2.06 bits per heavy atom. The van der Waals surface area contributed by atoms with Crippen LogP contribution in [0.1, 0.15) is 21.7 Å². The summed E-state index contributed by atoms with van der Waals surface area (Å²) >= 11 is 3.42. The van der Waals surface area contributed by atoms with E-state index in [0.717, 1.165) is 10.2 Å². The molecule has 9 heteroatoms. The van der Waals surface area contributed by atoms with Gasteiger partial charge in [0.15, 0.2) is 17.3 Å². The van der Waals surface area contributed by atoms with Crippen molar-refractivity contribution in [2.24, 2.45) is 0 Å². The van der Waals surface area contributed by atoms with Crippen molar-refractivity contribution < 1.29 is 13.9 Å². The normalized spacial score (nSPS) is 10.7. The molecule has 4 rings (SSSR count). The minimum absolute atomic E-state index is 0.0795. The first-order chi connectivity index (χ1) is 15.0. The van der Waals surface area contributed by atoms with Crippen LogP contribution in [-0.4, -0.2) is 25.9 Å². The molecule has 2 aromatic heterocycles. The minimum atomic E-state index is -0.535. The van der Waals surface area contributed by atoms with Crippen molar-refractivity contribution in [3.05, 3.63) is 94.2 Å². The van der Waals surface area contributed by atoms with Gasteiger partial charge < -0.3 is 10.1 Å². The van der Waals surface area contributed by atoms with E-state index in [1.807, 2.05) is 24.3 Å². The minimum Gasteiger partial charge on any atom is -0.453 e. The third kappa shape index (κ3) is 4.77. The highest BCUT2D eigenvalue weighted by Gasteiger charge is 2.17. The van der Waals surface area contributed by atoms with Gasteiger partial charge in [-0.05, 0) is 55.0 Å². The molecule has 0 radical (unpaired) electrons. The Kier molecular flexibility index (Phi) is 6.03. The lowest BCUT2D eigenvalue weighted by Gasteiger charge is -2.09. The predicted octanol–water partition coefficient (Wildman–Crippen LogP) is 4.59. The summed E-state index contributed by atoms with van der Waals surface area (Å²) in [7, 11) is 0. The van der Waals surface area contributed by atoms with Gasteiger partial charge in [-0.15, -0.1) is 5.10 Å².